The van der Waals surface area contributed by atoms with E-state index in [1.54, 1.807) is 0 Å². The summed E-state index contributed by atoms with van der Waals surface area (Å²) < 4.78 is 0. The molecule has 1 rings (SSSR count). The van der Waals surface area contributed by atoms with Crippen molar-refractivity contribution in [2.24, 2.45) is 10.4 Å². The van der Waals surface area contributed by atoms with Crippen molar-refractivity contribution in [3.63, 3.8) is 0 Å². The first-order valence-corrected chi connectivity index (χ1v) is 6.23. The molecule has 1 fully saturated rings. The van der Waals surface area contributed by atoms with E-state index in [2.05, 4.69) is 39.4 Å². The van der Waals surface area contributed by atoms with E-state index in [1.165, 1.54) is 44.1 Å². The van der Waals surface area contributed by atoms with Gasteiger partial charge in [0.25, 0.3) is 0 Å². The van der Waals surface area contributed by atoms with Crippen molar-refractivity contribution in [3.05, 3.63) is 11.8 Å². The van der Waals surface area contributed by atoms with Crippen LogP contribution in [-0.2, 0) is 0 Å². The zero-order valence-corrected chi connectivity index (χ0v) is 11.0. The Kier molecular flexibility index (Phi) is 7.37. The maximum Gasteiger partial charge on any atom is 0.0255 e. The molecule has 1 aliphatic carbocycles. The van der Waals surface area contributed by atoms with Gasteiger partial charge >= 0.3 is 0 Å². The monoisotopic (exact) mass is 209 g/mol. The first-order valence-electron chi connectivity index (χ1n) is 6.23. The molecule has 0 unspecified atom stereocenters. The normalized spacial score (nSPS) is 20.1. The number of rotatable bonds is 2. The quantitative estimate of drug-likeness (QED) is 0.569. The molecule has 0 aromatic rings. The molecule has 1 nitrogen and oxygen atoms in total. The van der Waals surface area contributed by atoms with Crippen LogP contribution >= 0.6 is 0 Å². The molecule has 0 amide bonds. The lowest BCUT2D eigenvalue weighted by atomic mass is 9.71. The van der Waals surface area contributed by atoms with Crippen molar-refractivity contribution in [3.8, 4) is 0 Å². The van der Waals surface area contributed by atoms with Crippen LogP contribution in [0.5, 0.6) is 0 Å². The molecule has 0 atom stereocenters. The summed E-state index contributed by atoms with van der Waals surface area (Å²) >= 11 is 0. The summed E-state index contributed by atoms with van der Waals surface area (Å²) in [5, 5.41) is 0. The Balaban J connectivity index is 0.000000583. The third-order valence-electron chi connectivity index (χ3n) is 3.19. The summed E-state index contributed by atoms with van der Waals surface area (Å²) in [6.45, 7) is 12.3. The van der Waals surface area contributed by atoms with Gasteiger partial charge in [0, 0.05) is 6.20 Å². The van der Waals surface area contributed by atoms with Gasteiger partial charge < -0.3 is 0 Å². The lowest BCUT2D eigenvalue weighted by Crippen LogP contribution is -2.21. The van der Waals surface area contributed by atoms with Gasteiger partial charge in [-0.2, -0.15) is 0 Å². The van der Waals surface area contributed by atoms with Gasteiger partial charge in [0.15, 0.2) is 0 Å². The molecule has 0 saturated heterocycles. The molecule has 1 aliphatic rings. The summed E-state index contributed by atoms with van der Waals surface area (Å²) in [4.78, 5) is 3.84. The summed E-state index contributed by atoms with van der Waals surface area (Å²) in [5.41, 5.74) is 1.82. The highest BCUT2D eigenvalue weighted by Gasteiger charge is 2.27. The van der Waals surface area contributed by atoms with Gasteiger partial charge in [-0.15, -0.1) is 0 Å². The first-order chi connectivity index (χ1) is 7.10. The molecule has 0 heterocycles. The summed E-state index contributed by atoms with van der Waals surface area (Å²) in [5.74, 6) is 0. The van der Waals surface area contributed by atoms with Crippen LogP contribution in [0.15, 0.2) is 16.8 Å². The van der Waals surface area contributed by atoms with E-state index in [0.717, 1.165) is 0 Å². The second kappa shape index (κ2) is 7.67. The van der Waals surface area contributed by atoms with Crippen molar-refractivity contribution in [2.75, 3.05) is 0 Å². The second-order valence-corrected chi connectivity index (χ2v) is 4.82. The summed E-state index contributed by atoms with van der Waals surface area (Å²) in [6, 6.07) is 0. The lowest BCUT2D eigenvalue weighted by molar-refractivity contribution is 0.267. The molecule has 0 aromatic heterocycles. The molecule has 0 bridgehead atoms. The molecule has 0 aromatic carbocycles. The third-order valence-corrected chi connectivity index (χ3v) is 3.19. The Morgan fingerprint density at radius 1 is 1.27 bits per heavy atom. The van der Waals surface area contributed by atoms with E-state index in [0.29, 0.717) is 5.41 Å². The SMILES string of the molecule is C=N/C=C(\C)C1(C)CCCCC1.CCC. The second-order valence-electron chi connectivity index (χ2n) is 4.82. The molecule has 0 spiro atoms. The standard InChI is InChI=1S/C11H19N.C3H8/c1-10(9-12-3)11(2)7-5-4-6-8-11;1-3-2/h9H,3-8H2,1-2H3;3H2,1-2H3/b10-9+;. The van der Waals surface area contributed by atoms with E-state index in [1.807, 2.05) is 6.20 Å². The average molecular weight is 209 g/mol. The van der Waals surface area contributed by atoms with Gasteiger partial charge in [-0.3, -0.25) is 4.99 Å². The highest BCUT2D eigenvalue weighted by Crippen LogP contribution is 2.41. The first kappa shape index (κ1) is 14.4. The predicted octanol–water partition coefficient (Wildman–Crippen LogP) is 4.98. The van der Waals surface area contributed by atoms with Crippen LogP contribution in [0.25, 0.3) is 0 Å². The summed E-state index contributed by atoms with van der Waals surface area (Å²) in [7, 11) is 0. The minimum absolute atomic E-state index is 0.416. The number of hydrogen-bond donors (Lipinski definition) is 0. The number of aliphatic imine (C=N–C) groups is 1. The molecule has 1 saturated carbocycles. The van der Waals surface area contributed by atoms with Crippen molar-refractivity contribution >= 4 is 6.72 Å². The van der Waals surface area contributed by atoms with E-state index in [-0.39, 0.29) is 0 Å². The molecule has 15 heavy (non-hydrogen) atoms. The van der Waals surface area contributed by atoms with Crippen molar-refractivity contribution in [2.45, 2.75) is 66.2 Å². The van der Waals surface area contributed by atoms with Crippen LogP contribution in [-0.4, -0.2) is 6.72 Å². The molecular weight excluding hydrogens is 182 g/mol. The Morgan fingerprint density at radius 2 is 1.73 bits per heavy atom. The zero-order chi connectivity index (χ0) is 11.7. The van der Waals surface area contributed by atoms with Crippen LogP contribution in [0.2, 0.25) is 0 Å². The number of nitrogens with zero attached hydrogens (tertiary/aromatic N) is 1. The Hall–Kier alpha value is -0.590. The number of allylic oxidation sites excluding steroid dienone is 1. The minimum atomic E-state index is 0.416. The molecule has 0 N–H and O–H groups in total. The molecule has 88 valence electrons. The van der Waals surface area contributed by atoms with Gasteiger partial charge in [-0.1, -0.05) is 46.5 Å². The lowest BCUT2D eigenvalue weighted by Gasteiger charge is -2.34. The van der Waals surface area contributed by atoms with Crippen molar-refractivity contribution in [1.29, 1.82) is 0 Å². The van der Waals surface area contributed by atoms with E-state index >= 15 is 0 Å². The largest absolute Gasteiger partial charge is 0.273 e. The Labute approximate surface area is 95.7 Å². The highest BCUT2D eigenvalue weighted by atomic mass is 14.6. The number of hydrogen-bond acceptors (Lipinski definition) is 1. The Morgan fingerprint density at radius 3 is 2.13 bits per heavy atom. The maximum absolute atomic E-state index is 3.84. The van der Waals surface area contributed by atoms with Crippen LogP contribution in [0.1, 0.15) is 66.2 Å². The summed E-state index contributed by atoms with van der Waals surface area (Å²) in [6.07, 6.45) is 9.98. The predicted molar refractivity (Wildman–Crippen MR) is 70.5 cm³/mol. The Bertz CT molecular complexity index is 197. The van der Waals surface area contributed by atoms with Crippen molar-refractivity contribution < 1.29 is 0 Å². The van der Waals surface area contributed by atoms with Gasteiger partial charge in [0.2, 0.25) is 0 Å². The van der Waals surface area contributed by atoms with E-state index in [4.69, 9.17) is 0 Å². The van der Waals surface area contributed by atoms with Gasteiger partial charge in [0.05, 0.1) is 0 Å². The fourth-order valence-electron chi connectivity index (χ4n) is 2.02. The van der Waals surface area contributed by atoms with Crippen LogP contribution < -0.4 is 0 Å². The molecule has 0 aliphatic heterocycles. The molecule has 0 radical (unpaired) electrons. The topological polar surface area (TPSA) is 12.4 Å². The molecule has 1 heteroatoms. The molecular formula is C14H27N. The van der Waals surface area contributed by atoms with E-state index < -0.39 is 0 Å². The van der Waals surface area contributed by atoms with Gasteiger partial charge in [0.1, 0.15) is 0 Å². The fourth-order valence-corrected chi connectivity index (χ4v) is 2.02. The van der Waals surface area contributed by atoms with Crippen molar-refractivity contribution in [1.82, 2.24) is 0 Å². The zero-order valence-electron chi connectivity index (χ0n) is 11.0. The third kappa shape index (κ3) is 5.15. The van der Waals surface area contributed by atoms with E-state index in [9.17, 15) is 0 Å². The highest BCUT2D eigenvalue weighted by molar-refractivity contribution is 5.27. The maximum atomic E-state index is 3.84. The van der Waals surface area contributed by atoms with Crippen LogP contribution in [0, 0.1) is 5.41 Å². The smallest absolute Gasteiger partial charge is 0.0255 e. The minimum Gasteiger partial charge on any atom is -0.273 e. The van der Waals surface area contributed by atoms with Crippen LogP contribution in [0.4, 0.5) is 0 Å². The van der Waals surface area contributed by atoms with Gasteiger partial charge in [-0.25, -0.2) is 0 Å². The van der Waals surface area contributed by atoms with Crippen LogP contribution in [0.3, 0.4) is 0 Å². The fraction of sp³-hybridized carbons (Fsp3) is 0.786. The van der Waals surface area contributed by atoms with Gasteiger partial charge in [-0.05, 0) is 37.5 Å². The average Bonchev–Trinajstić information content (AvgIpc) is 2.20.